The Morgan fingerprint density at radius 3 is 2.84 bits per heavy atom. The summed E-state index contributed by atoms with van der Waals surface area (Å²) in [5, 5.41) is 11.7. The first-order valence-corrected chi connectivity index (χ1v) is 5.90. The van der Waals surface area contributed by atoms with Crippen molar-refractivity contribution in [2.75, 3.05) is 7.11 Å². The molecule has 1 aromatic carbocycles. The van der Waals surface area contributed by atoms with Gasteiger partial charge in [-0.25, -0.2) is 4.39 Å². The van der Waals surface area contributed by atoms with Crippen molar-refractivity contribution in [2.45, 2.75) is 18.9 Å². The van der Waals surface area contributed by atoms with Gasteiger partial charge in [-0.15, -0.1) is 0 Å². The van der Waals surface area contributed by atoms with Crippen LogP contribution in [-0.2, 0) is 4.79 Å². The molecule has 0 spiro atoms. The van der Waals surface area contributed by atoms with Gasteiger partial charge in [-0.1, -0.05) is 6.07 Å². The van der Waals surface area contributed by atoms with Crippen molar-refractivity contribution in [3.63, 3.8) is 0 Å². The number of nitrogens with one attached hydrogen (secondary N) is 1. The maximum absolute atomic E-state index is 13.5. The molecule has 1 aliphatic carbocycles. The highest BCUT2D eigenvalue weighted by molar-refractivity contribution is 6.01. The van der Waals surface area contributed by atoms with Crippen molar-refractivity contribution in [1.29, 1.82) is 5.26 Å². The van der Waals surface area contributed by atoms with Crippen LogP contribution in [0.5, 0.6) is 5.75 Å². The van der Waals surface area contributed by atoms with Crippen molar-refractivity contribution in [1.82, 2.24) is 5.32 Å². The van der Waals surface area contributed by atoms with Gasteiger partial charge < -0.3 is 10.1 Å². The summed E-state index contributed by atoms with van der Waals surface area (Å²) in [5.74, 6) is -0.824. The standard InChI is InChI=1S/C14H13FN2O2/c1-19-13-5-2-9(7-12(13)15)6-10(8-16)14(18)17-11-3-4-11/h2,5-7,11H,3-4H2,1H3,(H,17,18)/b10-6+. The van der Waals surface area contributed by atoms with Gasteiger partial charge in [0.2, 0.25) is 0 Å². The van der Waals surface area contributed by atoms with Crippen LogP contribution >= 0.6 is 0 Å². The number of carbonyl (C=O) groups is 1. The van der Waals surface area contributed by atoms with E-state index in [2.05, 4.69) is 5.32 Å². The smallest absolute Gasteiger partial charge is 0.262 e. The predicted molar refractivity (Wildman–Crippen MR) is 67.7 cm³/mol. The Balaban J connectivity index is 2.19. The predicted octanol–water partition coefficient (Wildman–Crippen LogP) is 2.02. The molecule has 0 heterocycles. The van der Waals surface area contributed by atoms with E-state index in [4.69, 9.17) is 10.00 Å². The maximum atomic E-state index is 13.5. The van der Waals surface area contributed by atoms with Crippen LogP contribution in [0.2, 0.25) is 0 Å². The number of ether oxygens (including phenoxy) is 1. The van der Waals surface area contributed by atoms with Crippen molar-refractivity contribution < 1.29 is 13.9 Å². The number of nitrogens with zero attached hydrogens (tertiary/aromatic N) is 1. The maximum Gasteiger partial charge on any atom is 0.262 e. The van der Waals surface area contributed by atoms with E-state index in [1.54, 1.807) is 6.07 Å². The Hall–Kier alpha value is -2.35. The van der Waals surface area contributed by atoms with Crippen molar-refractivity contribution >= 4 is 12.0 Å². The van der Waals surface area contributed by atoms with Gasteiger partial charge in [-0.3, -0.25) is 4.79 Å². The molecule has 0 radical (unpaired) electrons. The summed E-state index contributed by atoms with van der Waals surface area (Å²) in [7, 11) is 1.37. The second-order valence-electron chi connectivity index (χ2n) is 4.31. The fourth-order valence-corrected chi connectivity index (χ4v) is 1.58. The quantitative estimate of drug-likeness (QED) is 0.665. The van der Waals surface area contributed by atoms with Crippen LogP contribution in [0.15, 0.2) is 23.8 Å². The molecule has 2 rings (SSSR count). The van der Waals surface area contributed by atoms with Crippen LogP contribution in [0.1, 0.15) is 18.4 Å². The largest absolute Gasteiger partial charge is 0.494 e. The Morgan fingerprint density at radius 2 is 2.32 bits per heavy atom. The minimum Gasteiger partial charge on any atom is -0.494 e. The van der Waals surface area contributed by atoms with Crippen molar-refractivity contribution in [3.05, 3.63) is 35.2 Å². The molecule has 0 aromatic heterocycles. The van der Waals surface area contributed by atoms with E-state index < -0.39 is 11.7 Å². The van der Waals surface area contributed by atoms with Gasteiger partial charge in [-0.2, -0.15) is 5.26 Å². The topological polar surface area (TPSA) is 62.1 Å². The Kier molecular flexibility index (Phi) is 3.81. The molecule has 0 bridgehead atoms. The second-order valence-corrected chi connectivity index (χ2v) is 4.31. The lowest BCUT2D eigenvalue weighted by Gasteiger charge is -2.03. The molecular formula is C14H13FN2O2. The number of carbonyl (C=O) groups excluding carboxylic acids is 1. The molecule has 4 nitrogen and oxygen atoms in total. The first-order valence-electron chi connectivity index (χ1n) is 5.90. The van der Waals surface area contributed by atoms with Crippen LogP contribution in [0, 0.1) is 17.1 Å². The molecule has 5 heteroatoms. The molecule has 1 aliphatic rings. The summed E-state index contributed by atoms with van der Waals surface area (Å²) in [6, 6.07) is 6.27. The van der Waals surface area contributed by atoms with E-state index in [1.807, 2.05) is 6.07 Å². The summed E-state index contributed by atoms with van der Waals surface area (Å²) in [5.41, 5.74) is 0.414. The molecular weight excluding hydrogens is 247 g/mol. The normalized spacial score (nSPS) is 14.7. The third kappa shape index (κ3) is 3.32. The fourth-order valence-electron chi connectivity index (χ4n) is 1.58. The highest BCUT2D eigenvalue weighted by Crippen LogP contribution is 2.21. The average molecular weight is 260 g/mol. The first kappa shape index (κ1) is 13.1. The Morgan fingerprint density at radius 1 is 1.58 bits per heavy atom. The molecule has 1 aromatic rings. The zero-order valence-electron chi connectivity index (χ0n) is 10.4. The highest BCUT2D eigenvalue weighted by atomic mass is 19.1. The number of amides is 1. The van der Waals surface area contributed by atoms with Gasteiger partial charge in [0.25, 0.3) is 5.91 Å². The number of hydrogen-bond acceptors (Lipinski definition) is 3. The van der Waals surface area contributed by atoms with Crippen LogP contribution in [-0.4, -0.2) is 19.1 Å². The number of methoxy groups -OCH3 is 1. The van der Waals surface area contributed by atoms with Gasteiger partial charge in [0, 0.05) is 6.04 Å². The lowest BCUT2D eigenvalue weighted by atomic mass is 10.1. The summed E-state index contributed by atoms with van der Waals surface area (Å²) in [4.78, 5) is 11.7. The Labute approximate surface area is 110 Å². The molecule has 19 heavy (non-hydrogen) atoms. The van der Waals surface area contributed by atoms with Crippen LogP contribution < -0.4 is 10.1 Å². The molecule has 1 N–H and O–H groups in total. The minimum absolute atomic E-state index is 0.0310. The second kappa shape index (κ2) is 5.53. The number of hydrogen-bond donors (Lipinski definition) is 1. The van der Waals surface area contributed by atoms with E-state index >= 15 is 0 Å². The summed E-state index contributed by atoms with van der Waals surface area (Å²) in [6.07, 6.45) is 3.25. The van der Waals surface area contributed by atoms with Gasteiger partial charge in [-0.05, 0) is 36.6 Å². The third-order valence-corrected chi connectivity index (χ3v) is 2.76. The lowest BCUT2D eigenvalue weighted by Crippen LogP contribution is -2.26. The first-order chi connectivity index (χ1) is 9.13. The van der Waals surface area contributed by atoms with E-state index in [1.165, 1.54) is 25.3 Å². The summed E-state index contributed by atoms with van der Waals surface area (Å²) < 4.78 is 18.3. The van der Waals surface area contributed by atoms with E-state index in [0.717, 1.165) is 12.8 Å². The number of halogens is 1. The molecule has 0 saturated heterocycles. The van der Waals surface area contributed by atoms with Crippen LogP contribution in [0.25, 0.3) is 6.08 Å². The van der Waals surface area contributed by atoms with Gasteiger partial charge >= 0.3 is 0 Å². The molecule has 1 amide bonds. The zero-order valence-corrected chi connectivity index (χ0v) is 10.4. The molecule has 98 valence electrons. The number of benzene rings is 1. The lowest BCUT2D eigenvalue weighted by molar-refractivity contribution is -0.117. The van der Waals surface area contributed by atoms with Crippen LogP contribution in [0.3, 0.4) is 0 Å². The minimum atomic E-state index is -0.531. The highest BCUT2D eigenvalue weighted by Gasteiger charge is 2.24. The molecule has 0 unspecified atom stereocenters. The fraction of sp³-hybridized carbons (Fsp3) is 0.286. The molecule has 0 atom stereocenters. The SMILES string of the molecule is COc1ccc(/C=C(\C#N)C(=O)NC2CC2)cc1F. The third-order valence-electron chi connectivity index (χ3n) is 2.76. The number of rotatable bonds is 4. The number of nitriles is 1. The monoisotopic (exact) mass is 260 g/mol. The van der Waals surface area contributed by atoms with Crippen molar-refractivity contribution in [3.8, 4) is 11.8 Å². The average Bonchev–Trinajstić information content (AvgIpc) is 3.20. The van der Waals surface area contributed by atoms with E-state index in [9.17, 15) is 9.18 Å². The van der Waals surface area contributed by atoms with Crippen molar-refractivity contribution in [2.24, 2.45) is 0 Å². The zero-order chi connectivity index (χ0) is 13.8. The van der Waals surface area contributed by atoms with E-state index in [0.29, 0.717) is 5.56 Å². The molecule has 1 fully saturated rings. The molecule has 1 saturated carbocycles. The van der Waals surface area contributed by atoms with Crippen LogP contribution in [0.4, 0.5) is 4.39 Å². The Bertz CT molecular complexity index is 571. The van der Waals surface area contributed by atoms with E-state index in [-0.39, 0.29) is 17.4 Å². The van der Waals surface area contributed by atoms with Gasteiger partial charge in [0.1, 0.15) is 11.6 Å². The van der Waals surface area contributed by atoms with Gasteiger partial charge in [0.05, 0.1) is 7.11 Å². The summed E-state index contributed by atoms with van der Waals surface area (Å²) >= 11 is 0. The van der Waals surface area contributed by atoms with Gasteiger partial charge in [0.15, 0.2) is 11.6 Å². The summed E-state index contributed by atoms with van der Waals surface area (Å²) in [6.45, 7) is 0. The molecule has 0 aliphatic heterocycles.